The maximum absolute atomic E-state index is 2.44. The lowest BCUT2D eigenvalue weighted by atomic mass is 10.1. The summed E-state index contributed by atoms with van der Waals surface area (Å²) in [5, 5.41) is 0. The predicted octanol–water partition coefficient (Wildman–Crippen LogP) is 15.2. The van der Waals surface area contributed by atoms with E-state index in [2.05, 4.69) is 227 Å². The van der Waals surface area contributed by atoms with Crippen molar-refractivity contribution in [3.8, 4) is 26.6 Å². The molecule has 0 unspecified atom stereocenters. The van der Waals surface area contributed by atoms with E-state index in [1.807, 2.05) is 22.7 Å². The zero-order valence-electron chi connectivity index (χ0n) is 29.9. The minimum Gasteiger partial charge on any atom is -0.311 e. The highest BCUT2D eigenvalue weighted by molar-refractivity contribution is 7.30. The van der Waals surface area contributed by atoms with Gasteiger partial charge >= 0.3 is 0 Å². The highest BCUT2D eigenvalue weighted by atomic mass is 32.1. The maximum atomic E-state index is 2.44. The molecule has 0 saturated carbocycles. The Bertz CT molecular complexity index is 2570. The van der Waals surface area contributed by atoms with Gasteiger partial charge in [-0.25, -0.2) is 0 Å². The second-order valence-electron chi connectivity index (χ2n) is 13.4. The lowest BCUT2D eigenvalue weighted by Gasteiger charge is -2.25. The third-order valence-electron chi connectivity index (χ3n) is 10.0. The molecule has 7 aromatic carbocycles. The van der Waals surface area contributed by atoms with Gasteiger partial charge in [0.15, 0.2) is 0 Å². The summed E-state index contributed by atoms with van der Waals surface area (Å²) in [7, 11) is 0. The predicted molar refractivity (Wildman–Crippen MR) is 237 cm³/mol. The van der Waals surface area contributed by atoms with Gasteiger partial charge in [0, 0.05) is 49.6 Å². The quantitative estimate of drug-likeness (QED) is 0.146. The fraction of sp³-hybridized carbons (Fsp3) is 0. The molecule has 55 heavy (non-hydrogen) atoms. The first-order chi connectivity index (χ1) is 27.3. The highest BCUT2D eigenvalue weighted by Crippen LogP contribution is 2.47. The summed E-state index contributed by atoms with van der Waals surface area (Å²) >= 11 is 3.76. The first-order valence-corrected chi connectivity index (χ1v) is 20.1. The third-order valence-corrected chi connectivity index (χ3v) is 12.5. The monoisotopic (exact) mass is 741 g/mol. The minimum atomic E-state index is 1.13. The number of hydrogen-bond acceptors (Lipinski definition) is 4. The fourth-order valence-corrected chi connectivity index (χ4v) is 9.89. The van der Waals surface area contributed by atoms with E-state index in [1.165, 1.54) is 47.0 Å². The van der Waals surface area contributed by atoms with Crippen LogP contribution in [0.2, 0.25) is 0 Å². The van der Waals surface area contributed by atoms with Gasteiger partial charge in [-0.05, 0) is 108 Å². The summed E-state index contributed by atoms with van der Waals surface area (Å²) in [6.07, 6.45) is 0. The number of rotatable bonds is 9. The van der Waals surface area contributed by atoms with Crippen LogP contribution in [0.1, 0.15) is 0 Å². The van der Waals surface area contributed by atoms with Gasteiger partial charge in [-0.2, -0.15) is 0 Å². The summed E-state index contributed by atoms with van der Waals surface area (Å²) < 4.78 is 5.08. The Morgan fingerprint density at radius 2 is 0.600 bits per heavy atom. The van der Waals surface area contributed by atoms with Crippen LogP contribution in [0, 0.1) is 0 Å². The van der Waals surface area contributed by atoms with Crippen LogP contribution in [0.25, 0.3) is 47.0 Å². The molecule has 0 atom stereocenters. The average molecular weight is 742 g/mol. The molecule has 3 heterocycles. The van der Waals surface area contributed by atoms with Gasteiger partial charge in [0.05, 0.1) is 20.4 Å². The molecule has 262 valence electrons. The van der Waals surface area contributed by atoms with E-state index >= 15 is 0 Å². The second kappa shape index (κ2) is 14.3. The molecule has 0 aliphatic heterocycles. The zero-order valence-corrected chi connectivity index (χ0v) is 31.5. The first-order valence-electron chi connectivity index (χ1n) is 18.4. The number of benzene rings is 7. The van der Waals surface area contributed by atoms with Gasteiger partial charge < -0.3 is 14.4 Å². The minimum absolute atomic E-state index is 1.13. The van der Waals surface area contributed by atoms with Crippen LogP contribution in [0.15, 0.2) is 212 Å². The van der Waals surface area contributed by atoms with Crippen molar-refractivity contribution in [3.63, 3.8) is 0 Å². The van der Waals surface area contributed by atoms with Crippen molar-refractivity contribution >= 4 is 77.2 Å². The molecular formula is C50H35N3S2. The number of thiophene rings is 2. The van der Waals surface area contributed by atoms with Crippen LogP contribution < -0.4 is 9.80 Å². The van der Waals surface area contributed by atoms with Crippen LogP contribution in [-0.2, 0) is 0 Å². The smallest absolute Gasteiger partial charge is 0.0711 e. The van der Waals surface area contributed by atoms with Crippen molar-refractivity contribution in [1.82, 2.24) is 4.57 Å². The number of para-hydroxylation sites is 5. The van der Waals surface area contributed by atoms with Gasteiger partial charge in [0.25, 0.3) is 0 Å². The van der Waals surface area contributed by atoms with E-state index in [0.717, 1.165) is 34.1 Å². The normalized spacial score (nSPS) is 11.3. The summed E-state index contributed by atoms with van der Waals surface area (Å²) in [4.78, 5) is 7.13. The summed E-state index contributed by atoms with van der Waals surface area (Å²) in [6, 6.07) is 75.8. The van der Waals surface area contributed by atoms with Crippen LogP contribution in [0.4, 0.5) is 34.1 Å². The van der Waals surface area contributed by atoms with Crippen molar-refractivity contribution in [3.05, 3.63) is 212 Å². The molecule has 0 spiro atoms. The standard InChI is InChI=1S/C50H35N3S2/c1-6-16-38(17-7-1)51(39-18-8-2-9-19-39)43-30-26-36(27-31-43)47-34-45-49(54-47)50-46(53(45)42-24-14-5-15-25-42)35-48(55-50)37-28-32-44(33-29-37)52(40-20-10-3-11-21-40)41-22-12-4-13-23-41/h1-35H. The molecule has 0 aliphatic rings. The topological polar surface area (TPSA) is 11.4 Å². The van der Waals surface area contributed by atoms with Gasteiger partial charge in [-0.15, -0.1) is 22.7 Å². The van der Waals surface area contributed by atoms with E-state index in [9.17, 15) is 0 Å². The third kappa shape index (κ3) is 6.19. The molecular weight excluding hydrogens is 707 g/mol. The molecule has 5 heteroatoms. The second-order valence-corrected chi connectivity index (χ2v) is 15.5. The Morgan fingerprint density at radius 3 is 0.927 bits per heavy atom. The largest absolute Gasteiger partial charge is 0.311 e. The molecule has 3 aromatic heterocycles. The Kier molecular flexibility index (Phi) is 8.56. The lowest BCUT2D eigenvalue weighted by Crippen LogP contribution is -2.09. The summed E-state index contributed by atoms with van der Waals surface area (Å²) in [5.74, 6) is 0. The van der Waals surface area contributed by atoms with E-state index in [4.69, 9.17) is 0 Å². The Balaban J connectivity index is 1.03. The number of hydrogen-bond donors (Lipinski definition) is 0. The van der Waals surface area contributed by atoms with Crippen LogP contribution in [-0.4, -0.2) is 4.57 Å². The van der Waals surface area contributed by atoms with E-state index in [-0.39, 0.29) is 0 Å². The highest BCUT2D eigenvalue weighted by Gasteiger charge is 2.21. The zero-order chi connectivity index (χ0) is 36.6. The van der Waals surface area contributed by atoms with Gasteiger partial charge in [-0.3, -0.25) is 0 Å². The molecule has 0 amide bonds. The molecule has 0 N–H and O–H groups in total. The summed E-state index contributed by atoms with van der Waals surface area (Å²) in [5.41, 5.74) is 12.9. The molecule has 0 radical (unpaired) electrons. The average Bonchev–Trinajstić information content (AvgIpc) is 3.95. The summed E-state index contributed by atoms with van der Waals surface area (Å²) in [6.45, 7) is 0. The number of fused-ring (bicyclic) bond motifs is 3. The fourth-order valence-electron chi connectivity index (χ4n) is 7.44. The number of anilines is 6. The SMILES string of the molecule is c1ccc(N(c2ccccc2)c2ccc(-c3cc4c(s3)c3sc(-c5ccc(N(c6ccccc6)c6ccccc6)cc5)cc3n4-c3ccccc3)cc2)cc1. The molecule has 3 nitrogen and oxygen atoms in total. The molecule has 0 saturated heterocycles. The maximum Gasteiger partial charge on any atom is 0.0711 e. The van der Waals surface area contributed by atoms with Crippen molar-refractivity contribution in [2.45, 2.75) is 0 Å². The van der Waals surface area contributed by atoms with Crippen LogP contribution >= 0.6 is 22.7 Å². The van der Waals surface area contributed by atoms with Crippen molar-refractivity contribution < 1.29 is 0 Å². The van der Waals surface area contributed by atoms with Crippen LogP contribution in [0.5, 0.6) is 0 Å². The number of nitrogens with zero attached hydrogens (tertiary/aromatic N) is 3. The van der Waals surface area contributed by atoms with Crippen LogP contribution in [0.3, 0.4) is 0 Å². The van der Waals surface area contributed by atoms with Gasteiger partial charge in [0.2, 0.25) is 0 Å². The Morgan fingerprint density at radius 1 is 0.309 bits per heavy atom. The van der Waals surface area contributed by atoms with Gasteiger partial charge in [0.1, 0.15) is 0 Å². The van der Waals surface area contributed by atoms with E-state index in [0.29, 0.717) is 0 Å². The van der Waals surface area contributed by atoms with Crippen molar-refractivity contribution in [2.24, 2.45) is 0 Å². The molecule has 0 bridgehead atoms. The van der Waals surface area contributed by atoms with Crippen molar-refractivity contribution in [2.75, 3.05) is 9.80 Å². The molecule has 0 aliphatic carbocycles. The van der Waals surface area contributed by atoms with Gasteiger partial charge in [-0.1, -0.05) is 115 Å². The van der Waals surface area contributed by atoms with Crippen molar-refractivity contribution in [1.29, 1.82) is 0 Å². The number of aromatic nitrogens is 1. The molecule has 10 aromatic rings. The van der Waals surface area contributed by atoms with E-state index < -0.39 is 0 Å². The Hall–Kier alpha value is -6.66. The lowest BCUT2D eigenvalue weighted by molar-refractivity contribution is 1.19. The van der Waals surface area contributed by atoms with E-state index in [1.54, 1.807) is 0 Å². The first kappa shape index (κ1) is 32.9. The Labute approximate surface area is 328 Å². The molecule has 0 fully saturated rings. The molecule has 10 rings (SSSR count).